The minimum absolute atomic E-state index is 0.246. The number of hydrogen-bond acceptors (Lipinski definition) is 4. The lowest BCUT2D eigenvalue weighted by atomic mass is 9.99. The Bertz CT molecular complexity index is 522. The number of benzene rings is 1. The Balaban J connectivity index is 2.42. The minimum atomic E-state index is -0.312. The molecule has 2 rings (SSSR count). The van der Waals surface area contributed by atoms with Crippen molar-refractivity contribution >= 4 is 5.82 Å². The summed E-state index contributed by atoms with van der Waals surface area (Å²) >= 11 is 0. The third kappa shape index (κ3) is 2.13. The van der Waals surface area contributed by atoms with Crippen LogP contribution < -0.4 is 17.0 Å². The van der Waals surface area contributed by atoms with Gasteiger partial charge in [0.2, 0.25) is 0 Å². The van der Waals surface area contributed by atoms with Crippen molar-refractivity contribution in [3.05, 3.63) is 46.9 Å². The van der Waals surface area contributed by atoms with Crippen LogP contribution in [-0.2, 0) is 0 Å². The summed E-state index contributed by atoms with van der Waals surface area (Å²) in [6.45, 7) is 1.70. The number of anilines is 1. The van der Waals surface area contributed by atoms with Crippen molar-refractivity contribution in [2.24, 2.45) is 5.84 Å². The van der Waals surface area contributed by atoms with Crippen LogP contribution in [0.1, 0.15) is 22.7 Å². The molecule has 17 heavy (non-hydrogen) atoms. The zero-order valence-electron chi connectivity index (χ0n) is 9.37. The fourth-order valence-corrected chi connectivity index (χ4v) is 1.75. The number of nitrogen functional groups attached to an aromatic ring is 1. The normalized spacial score (nSPS) is 12.6. The molecule has 5 nitrogen and oxygen atoms in total. The highest BCUT2D eigenvalue weighted by Crippen LogP contribution is 2.25. The molecule has 0 aliphatic rings. The first kappa shape index (κ1) is 11.6. The average molecular weight is 235 g/mol. The Morgan fingerprint density at radius 3 is 2.76 bits per heavy atom. The third-order valence-electron chi connectivity index (χ3n) is 2.69. The van der Waals surface area contributed by atoms with E-state index in [-0.39, 0.29) is 11.9 Å². The van der Waals surface area contributed by atoms with Crippen molar-refractivity contribution in [1.29, 1.82) is 0 Å². The molecule has 1 aromatic heterocycles. The molecule has 0 saturated carbocycles. The maximum atomic E-state index is 13.2. The molecule has 0 fully saturated rings. The zero-order chi connectivity index (χ0) is 12.4. The quantitative estimate of drug-likeness (QED) is 0.471. The van der Waals surface area contributed by atoms with Crippen molar-refractivity contribution in [2.45, 2.75) is 13.0 Å². The number of aryl methyl sites for hydroxylation is 1. The van der Waals surface area contributed by atoms with Crippen molar-refractivity contribution in [1.82, 2.24) is 15.6 Å². The molecule has 2 aromatic rings. The van der Waals surface area contributed by atoms with E-state index in [4.69, 9.17) is 11.6 Å². The molecule has 6 N–H and O–H groups in total. The lowest BCUT2D eigenvalue weighted by molar-refractivity contribution is 0.608. The first-order chi connectivity index (χ1) is 8.13. The maximum absolute atomic E-state index is 13.2. The second-order valence-electron chi connectivity index (χ2n) is 3.85. The van der Waals surface area contributed by atoms with Crippen LogP contribution in [0.25, 0.3) is 0 Å². The van der Waals surface area contributed by atoms with Crippen LogP contribution in [0.5, 0.6) is 0 Å². The molecule has 1 atom stereocenters. The Labute approximate surface area is 98.0 Å². The van der Waals surface area contributed by atoms with E-state index in [1.165, 1.54) is 6.07 Å². The fourth-order valence-electron chi connectivity index (χ4n) is 1.75. The van der Waals surface area contributed by atoms with Crippen molar-refractivity contribution in [2.75, 3.05) is 5.73 Å². The van der Waals surface area contributed by atoms with Gasteiger partial charge in [0.25, 0.3) is 0 Å². The topological polar surface area (TPSA) is 92.7 Å². The summed E-state index contributed by atoms with van der Waals surface area (Å²) in [5.41, 5.74) is 10.5. The van der Waals surface area contributed by atoms with Gasteiger partial charge >= 0.3 is 0 Å². The van der Waals surface area contributed by atoms with Crippen LogP contribution in [0.2, 0.25) is 0 Å². The number of nitrogens with zero attached hydrogens (tertiary/aromatic N) is 1. The van der Waals surface area contributed by atoms with Gasteiger partial charge in [0.05, 0.1) is 12.2 Å². The Morgan fingerprint density at radius 2 is 2.24 bits per heavy atom. The summed E-state index contributed by atoms with van der Waals surface area (Å²) in [5, 5.41) is 6.47. The highest BCUT2D eigenvalue weighted by atomic mass is 19.1. The first-order valence-electron chi connectivity index (χ1n) is 5.14. The lowest BCUT2D eigenvalue weighted by Crippen LogP contribution is -2.29. The maximum Gasteiger partial charge on any atom is 0.126 e. The highest BCUT2D eigenvalue weighted by Gasteiger charge is 2.17. The van der Waals surface area contributed by atoms with Gasteiger partial charge in [-0.05, 0) is 24.1 Å². The van der Waals surface area contributed by atoms with Gasteiger partial charge in [-0.15, -0.1) is 0 Å². The molecule has 0 bridgehead atoms. The van der Waals surface area contributed by atoms with Crippen LogP contribution in [0.15, 0.2) is 24.4 Å². The second-order valence-corrected chi connectivity index (χ2v) is 3.85. The zero-order valence-corrected chi connectivity index (χ0v) is 9.37. The summed E-state index contributed by atoms with van der Waals surface area (Å²) in [4.78, 5) is 0. The monoisotopic (exact) mass is 235 g/mol. The van der Waals surface area contributed by atoms with Crippen molar-refractivity contribution in [3.63, 3.8) is 0 Å². The number of nitrogens with two attached hydrogens (primary N) is 2. The molecule has 0 amide bonds. The standard InChI is InChI=1S/C11H14FN5/c1-6-4-7(2-3-9(6)12)10(16-14)8-5-15-17-11(8)13/h2-5,10,16H,14H2,1H3,(H3,13,15,17). The van der Waals surface area contributed by atoms with Gasteiger partial charge in [-0.25, -0.2) is 9.82 Å². The number of aromatic nitrogens is 2. The van der Waals surface area contributed by atoms with E-state index in [9.17, 15) is 4.39 Å². The summed E-state index contributed by atoms with van der Waals surface area (Å²) in [5.74, 6) is 5.71. The SMILES string of the molecule is Cc1cc(C(NN)c2cn[nH]c2N)ccc1F. The van der Waals surface area contributed by atoms with E-state index in [0.717, 1.165) is 11.1 Å². The van der Waals surface area contributed by atoms with Gasteiger partial charge in [0.1, 0.15) is 11.6 Å². The number of aromatic amines is 1. The van der Waals surface area contributed by atoms with Crippen LogP contribution in [-0.4, -0.2) is 10.2 Å². The van der Waals surface area contributed by atoms with Gasteiger partial charge in [0.15, 0.2) is 0 Å². The number of halogens is 1. The van der Waals surface area contributed by atoms with Gasteiger partial charge in [-0.2, -0.15) is 5.10 Å². The molecule has 0 saturated heterocycles. The van der Waals surface area contributed by atoms with Crippen LogP contribution in [0.3, 0.4) is 0 Å². The number of hydrazine groups is 1. The molecule has 90 valence electrons. The second kappa shape index (κ2) is 4.52. The lowest BCUT2D eigenvalue weighted by Gasteiger charge is -2.16. The molecule has 1 unspecified atom stereocenters. The predicted octanol–water partition coefficient (Wildman–Crippen LogP) is 0.992. The van der Waals surface area contributed by atoms with E-state index in [1.807, 2.05) is 0 Å². The summed E-state index contributed by atoms with van der Waals surface area (Å²) in [6, 6.07) is 4.49. The van der Waals surface area contributed by atoms with E-state index < -0.39 is 0 Å². The fraction of sp³-hybridized carbons (Fsp3) is 0.182. The van der Waals surface area contributed by atoms with E-state index in [1.54, 1.807) is 25.3 Å². The molecule has 1 heterocycles. The van der Waals surface area contributed by atoms with Crippen LogP contribution >= 0.6 is 0 Å². The highest BCUT2D eigenvalue weighted by molar-refractivity contribution is 5.44. The number of nitrogens with one attached hydrogen (secondary N) is 2. The average Bonchev–Trinajstić information content (AvgIpc) is 2.71. The van der Waals surface area contributed by atoms with Gasteiger partial charge in [0, 0.05) is 5.56 Å². The molecule has 1 aromatic carbocycles. The smallest absolute Gasteiger partial charge is 0.126 e. The summed E-state index contributed by atoms with van der Waals surface area (Å²) in [6.07, 6.45) is 1.60. The van der Waals surface area contributed by atoms with Crippen LogP contribution in [0, 0.1) is 12.7 Å². The van der Waals surface area contributed by atoms with E-state index in [0.29, 0.717) is 11.4 Å². The Kier molecular flexibility index (Phi) is 3.08. The molecule has 0 aliphatic heterocycles. The predicted molar refractivity (Wildman–Crippen MR) is 63.3 cm³/mol. The van der Waals surface area contributed by atoms with Crippen molar-refractivity contribution in [3.8, 4) is 0 Å². The summed E-state index contributed by atoms with van der Waals surface area (Å²) < 4.78 is 13.2. The van der Waals surface area contributed by atoms with Gasteiger partial charge in [-0.1, -0.05) is 12.1 Å². The molecule has 0 aliphatic carbocycles. The van der Waals surface area contributed by atoms with E-state index in [2.05, 4.69) is 15.6 Å². The molecule has 0 radical (unpaired) electrons. The largest absolute Gasteiger partial charge is 0.384 e. The molecular formula is C11H14FN5. The Morgan fingerprint density at radius 1 is 1.47 bits per heavy atom. The number of rotatable bonds is 3. The van der Waals surface area contributed by atoms with E-state index >= 15 is 0 Å². The molecule has 6 heteroatoms. The van der Waals surface area contributed by atoms with Gasteiger partial charge < -0.3 is 5.73 Å². The minimum Gasteiger partial charge on any atom is -0.384 e. The van der Waals surface area contributed by atoms with Gasteiger partial charge in [-0.3, -0.25) is 10.9 Å². The van der Waals surface area contributed by atoms with Crippen molar-refractivity contribution < 1.29 is 4.39 Å². The first-order valence-corrected chi connectivity index (χ1v) is 5.14. The molecule has 0 spiro atoms. The molecular weight excluding hydrogens is 221 g/mol. The number of hydrogen-bond donors (Lipinski definition) is 4. The summed E-state index contributed by atoms with van der Waals surface area (Å²) in [7, 11) is 0. The third-order valence-corrected chi connectivity index (χ3v) is 2.69. The number of H-pyrrole nitrogens is 1. The Hall–Kier alpha value is -1.92. The van der Waals surface area contributed by atoms with Crippen LogP contribution in [0.4, 0.5) is 10.2 Å².